The van der Waals surface area contributed by atoms with Gasteiger partial charge in [-0.1, -0.05) is 48.5 Å². The van der Waals surface area contributed by atoms with Gasteiger partial charge in [-0.25, -0.2) is 4.79 Å². The molecule has 2 aliphatic heterocycles. The van der Waals surface area contributed by atoms with E-state index >= 15 is 0 Å². The summed E-state index contributed by atoms with van der Waals surface area (Å²) in [5.74, 6) is -0.461. The summed E-state index contributed by atoms with van der Waals surface area (Å²) >= 11 is 0. The van der Waals surface area contributed by atoms with E-state index in [9.17, 15) is 9.59 Å². The molecule has 0 aromatic carbocycles. The molecule has 3 amide bonds. The van der Waals surface area contributed by atoms with Crippen LogP contribution in [-0.2, 0) is 18.4 Å². The Hall–Kier alpha value is -0.746. The number of carbonyl (C=O) groups excluding carboxylic acids is 2. The summed E-state index contributed by atoms with van der Waals surface area (Å²) in [5.41, 5.74) is 0. The first-order valence-electron chi connectivity index (χ1n) is 12.3. The lowest BCUT2D eigenvalue weighted by Crippen LogP contribution is -2.57. The molecule has 0 aromatic rings. The maximum Gasteiger partial charge on any atom is 0.326 e. The highest BCUT2D eigenvalue weighted by Crippen LogP contribution is 2.34. The van der Waals surface area contributed by atoms with Crippen LogP contribution in [0.25, 0.3) is 0 Å². The maximum absolute atomic E-state index is 12.5. The Kier molecular flexibility index (Phi) is 9.75. The second kappa shape index (κ2) is 11.4. The van der Waals surface area contributed by atoms with Gasteiger partial charge >= 0.3 is 6.03 Å². The largest absolute Gasteiger partial charge is 0.414 e. The van der Waals surface area contributed by atoms with Crippen molar-refractivity contribution in [1.29, 1.82) is 0 Å². The van der Waals surface area contributed by atoms with E-state index < -0.39 is 16.6 Å². The SMILES string of the molecule is CC[Si](CC)(CC)OC[C@H]1O[C@@H](N2CC(C)C(=O)NC2=O)C[C@H]1O[Si](CC)(CC)CC. The monoisotopic (exact) mass is 472 g/mol. The lowest BCUT2D eigenvalue weighted by atomic mass is 10.1. The van der Waals surface area contributed by atoms with Crippen molar-refractivity contribution >= 4 is 28.6 Å². The number of rotatable bonds is 12. The molecule has 0 aliphatic carbocycles. The van der Waals surface area contributed by atoms with E-state index in [1.54, 1.807) is 4.90 Å². The van der Waals surface area contributed by atoms with E-state index in [1.807, 2.05) is 6.92 Å². The molecule has 0 aromatic heterocycles. The van der Waals surface area contributed by atoms with Crippen LogP contribution in [0.5, 0.6) is 0 Å². The Bertz CT molecular complexity index is 596. The molecule has 2 aliphatic rings. The normalized spacial score (nSPS) is 27.6. The van der Waals surface area contributed by atoms with Crippen LogP contribution in [0.3, 0.4) is 0 Å². The first-order chi connectivity index (χ1) is 14.7. The minimum Gasteiger partial charge on any atom is -0.414 e. The number of hydrogen-bond acceptors (Lipinski definition) is 5. The molecule has 2 saturated heterocycles. The topological polar surface area (TPSA) is 77.1 Å². The highest BCUT2D eigenvalue weighted by molar-refractivity contribution is 6.74. The van der Waals surface area contributed by atoms with Crippen LogP contribution < -0.4 is 5.32 Å². The first kappa shape index (κ1) is 26.5. The quantitative estimate of drug-likeness (QED) is 0.417. The third-order valence-electron chi connectivity index (χ3n) is 7.76. The molecule has 2 rings (SSSR count). The van der Waals surface area contributed by atoms with E-state index in [2.05, 4.69) is 46.9 Å². The van der Waals surface area contributed by atoms with Crippen molar-refractivity contribution in [1.82, 2.24) is 10.2 Å². The third-order valence-corrected chi connectivity index (χ3v) is 17.1. The molecule has 1 N–H and O–H groups in total. The van der Waals surface area contributed by atoms with E-state index in [0.29, 0.717) is 19.6 Å². The number of hydrogen-bond donors (Lipinski definition) is 1. The molecular formula is C22H44N2O5Si2. The third kappa shape index (κ3) is 5.99. The highest BCUT2D eigenvalue weighted by atomic mass is 28.4. The molecule has 31 heavy (non-hydrogen) atoms. The number of nitrogens with one attached hydrogen (secondary N) is 1. The molecular weight excluding hydrogens is 428 g/mol. The Morgan fingerprint density at radius 3 is 2.03 bits per heavy atom. The summed E-state index contributed by atoms with van der Waals surface area (Å²) in [6.45, 7) is 16.1. The Morgan fingerprint density at radius 1 is 0.968 bits per heavy atom. The first-order valence-corrected chi connectivity index (χ1v) is 17.4. The van der Waals surface area contributed by atoms with Gasteiger partial charge in [0.25, 0.3) is 0 Å². The van der Waals surface area contributed by atoms with Crippen molar-refractivity contribution in [2.45, 2.75) is 110 Å². The fourth-order valence-electron chi connectivity index (χ4n) is 4.81. The fourth-order valence-corrected chi connectivity index (χ4v) is 10.3. The standard InChI is InChI=1S/C22H44N2O5Si2/c1-8-30(9-2,10-3)27-16-19-18(29-31(11-4,12-5)13-6)14-20(28-19)24-15-17(7)21(25)23-22(24)26/h17-20H,8-16H2,1-7H3,(H,23,25,26)/t17?,18-,19-,20-/m1/s1. The molecule has 2 fully saturated rings. The van der Waals surface area contributed by atoms with Gasteiger partial charge in [-0.3, -0.25) is 15.0 Å². The van der Waals surface area contributed by atoms with Gasteiger partial charge in [0.15, 0.2) is 16.6 Å². The number of imide groups is 1. The number of urea groups is 1. The van der Waals surface area contributed by atoms with Crippen molar-refractivity contribution in [2.75, 3.05) is 13.2 Å². The van der Waals surface area contributed by atoms with Crippen LogP contribution >= 0.6 is 0 Å². The number of amides is 3. The van der Waals surface area contributed by atoms with Gasteiger partial charge < -0.3 is 13.6 Å². The summed E-state index contributed by atoms with van der Waals surface area (Å²) in [5, 5.41) is 2.46. The second-order valence-corrected chi connectivity index (χ2v) is 18.7. The van der Waals surface area contributed by atoms with Crippen LogP contribution in [0, 0.1) is 5.92 Å². The zero-order chi connectivity index (χ0) is 23.2. The molecule has 0 bridgehead atoms. The number of carbonyl (C=O) groups is 2. The Morgan fingerprint density at radius 2 is 1.52 bits per heavy atom. The predicted molar refractivity (Wildman–Crippen MR) is 128 cm³/mol. The van der Waals surface area contributed by atoms with Crippen molar-refractivity contribution in [3.63, 3.8) is 0 Å². The lowest BCUT2D eigenvalue weighted by molar-refractivity contribution is -0.128. The minimum absolute atomic E-state index is 0.0745. The highest BCUT2D eigenvalue weighted by Gasteiger charge is 2.46. The zero-order valence-electron chi connectivity index (χ0n) is 20.7. The van der Waals surface area contributed by atoms with E-state index in [0.717, 1.165) is 36.3 Å². The summed E-state index contributed by atoms with van der Waals surface area (Å²) in [6, 6.07) is 6.12. The van der Waals surface area contributed by atoms with E-state index in [-0.39, 0.29) is 36.3 Å². The fraction of sp³-hybridized carbons (Fsp3) is 0.909. The molecule has 0 radical (unpaired) electrons. The molecule has 180 valence electrons. The average molecular weight is 473 g/mol. The van der Waals surface area contributed by atoms with Gasteiger partial charge in [0.1, 0.15) is 12.3 Å². The second-order valence-electron chi connectivity index (χ2n) is 9.17. The molecule has 0 spiro atoms. The Balaban J connectivity index is 2.20. The molecule has 4 atom stereocenters. The van der Waals surface area contributed by atoms with E-state index in [1.165, 1.54) is 0 Å². The van der Waals surface area contributed by atoms with Crippen LogP contribution in [0.2, 0.25) is 36.3 Å². The number of nitrogens with zero attached hydrogens (tertiary/aromatic N) is 1. The molecule has 7 nitrogen and oxygen atoms in total. The van der Waals surface area contributed by atoms with Crippen LogP contribution in [0.1, 0.15) is 54.9 Å². The van der Waals surface area contributed by atoms with Crippen molar-refractivity contribution < 1.29 is 23.2 Å². The molecule has 0 saturated carbocycles. The van der Waals surface area contributed by atoms with Gasteiger partial charge in [0, 0.05) is 13.0 Å². The van der Waals surface area contributed by atoms with Crippen molar-refractivity contribution in [3.8, 4) is 0 Å². The van der Waals surface area contributed by atoms with Crippen molar-refractivity contribution in [2.24, 2.45) is 5.92 Å². The molecule has 2 heterocycles. The molecule has 1 unspecified atom stereocenters. The van der Waals surface area contributed by atoms with Gasteiger partial charge in [-0.15, -0.1) is 0 Å². The predicted octanol–water partition coefficient (Wildman–Crippen LogP) is 4.70. The van der Waals surface area contributed by atoms with Gasteiger partial charge in [0.2, 0.25) is 5.91 Å². The number of ether oxygens (including phenoxy) is 1. The van der Waals surface area contributed by atoms with Crippen molar-refractivity contribution in [3.05, 3.63) is 0 Å². The molecule has 9 heteroatoms. The maximum atomic E-state index is 12.5. The van der Waals surface area contributed by atoms with E-state index in [4.69, 9.17) is 13.6 Å². The Labute approximate surface area is 190 Å². The van der Waals surface area contributed by atoms with Crippen LogP contribution in [0.4, 0.5) is 4.79 Å². The summed E-state index contributed by atoms with van der Waals surface area (Å²) in [4.78, 5) is 26.1. The zero-order valence-corrected chi connectivity index (χ0v) is 22.7. The minimum atomic E-state index is -1.84. The van der Waals surface area contributed by atoms with Crippen LogP contribution in [-0.4, -0.2) is 65.1 Å². The summed E-state index contributed by atoms with van der Waals surface area (Å²) < 4.78 is 19.9. The smallest absolute Gasteiger partial charge is 0.326 e. The van der Waals surface area contributed by atoms with Gasteiger partial charge in [-0.05, 0) is 36.3 Å². The summed E-state index contributed by atoms with van der Waals surface area (Å²) in [7, 11) is -3.60. The lowest BCUT2D eigenvalue weighted by Gasteiger charge is -2.35. The van der Waals surface area contributed by atoms with Gasteiger partial charge in [0.05, 0.1) is 18.6 Å². The van der Waals surface area contributed by atoms with Crippen LogP contribution in [0.15, 0.2) is 0 Å². The summed E-state index contributed by atoms with van der Waals surface area (Å²) in [6.07, 6.45) is -0.00331. The van der Waals surface area contributed by atoms with Gasteiger partial charge in [-0.2, -0.15) is 0 Å². The average Bonchev–Trinajstić information content (AvgIpc) is 3.18.